The highest BCUT2D eigenvalue weighted by Gasteiger charge is 2.47. The molecule has 5 nitrogen and oxygen atoms in total. The van der Waals surface area contributed by atoms with Gasteiger partial charge in [-0.25, -0.2) is 9.59 Å². The van der Waals surface area contributed by atoms with Crippen molar-refractivity contribution < 1.29 is 9.59 Å². The second-order valence-electron chi connectivity index (χ2n) is 5.11. The molecule has 0 atom stereocenters. The van der Waals surface area contributed by atoms with E-state index in [2.05, 4.69) is 4.99 Å². The molecule has 0 N–H and O–H groups in total. The van der Waals surface area contributed by atoms with Crippen LogP contribution < -0.4 is 4.90 Å². The molecular weight excluding hydrogens is 242 g/mol. The van der Waals surface area contributed by atoms with Crippen molar-refractivity contribution in [3.8, 4) is 0 Å². The van der Waals surface area contributed by atoms with E-state index in [9.17, 15) is 9.59 Å². The molecule has 0 radical (unpaired) electrons. The Balaban J connectivity index is 2.04. The molecule has 5 heteroatoms. The molecule has 0 aromatic heterocycles. The maximum absolute atomic E-state index is 12.1. The molecule has 1 aromatic carbocycles. The van der Waals surface area contributed by atoms with Crippen LogP contribution in [0.25, 0.3) is 0 Å². The van der Waals surface area contributed by atoms with Crippen molar-refractivity contribution >= 4 is 17.8 Å². The van der Waals surface area contributed by atoms with Crippen LogP contribution in [0, 0.1) is 0 Å². The third-order valence-corrected chi connectivity index (χ3v) is 3.90. The summed E-state index contributed by atoms with van der Waals surface area (Å²) in [6.07, 6.45) is 3.36. The predicted octanol–water partition coefficient (Wildman–Crippen LogP) is 1.88. The molecule has 1 aromatic rings. The number of anilines is 1. The van der Waals surface area contributed by atoms with Gasteiger partial charge in [-0.05, 0) is 18.9 Å². The SMILES string of the molecule is CN1CCN(c2ccccc2C2(N=C=O)CC2)C1=O. The number of para-hydroxylation sites is 1. The van der Waals surface area contributed by atoms with Gasteiger partial charge >= 0.3 is 6.03 Å². The summed E-state index contributed by atoms with van der Waals surface area (Å²) < 4.78 is 0. The van der Waals surface area contributed by atoms with Gasteiger partial charge in [0.05, 0.1) is 5.69 Å². The zero-order valence-electron chi connectivity index (χ0n) is 10.8. The molecule has 1 aliphatic heterocycles. The van der Waals surface area contributed by atoms with E-state index in [0.29, 0.717) is 6.54 Å². The number of isocyanates is 1. The van der Waals surface area contributed by atoms with Gasteiger partial charge in [0.1, 0.15) is 5.54 Å². The summed E-state index contributed by atoms with van der Waals surface area (Å²) in [6.45, 7) is 1.39. The Morgan fingerprint density at radius 2 is 2.00 bits per heavy atom. The minimum Gasteiger partial charge on any atom is -0.326 e. The number of carbonyl (C=O) groups excluding carboxylic acids is 2. The van der Waals surface area contributed by atoms with Gasteiger partial charge in [-0.15, -0.1) is 0 Å². The van der Waals surface area contributed by atoms with E-state index in [4.69, 9.17) is 0 Å². The second-order valence-corrected chi connectivity index (χ2v) is 5.11. The number of rotatable bonds is 3. The molecule has 3 rings (SSSR count). The molecule has 0 unspecified atom stereocenters. The first-order chi connectivity index (χ1) is 9.18. The third-order valence-electron chi connectivity index (χ3n) is 3.90. The van der Waals surface area contributed by atoms with Crippen LogP contribution in [0.2, 0.25) is 0 Å². The van der Waals surface area contributed by atoms with Crippen LogP contribution in [0.1, 0.15) is 18.4 Å². The van der Waals surface area contributed by atoms with Crippen molar-refractivity contribution in [1.82, 2.24) is 4.90 Å². The first-order valence-corrected chi connectivity index (χ1v) is 6.39. The average Bonchev–Trinajstić information content (AvgIpc) is 3.13. The van der Waals surface area contributed by atoms with Crippen molar-refractivity contribution in [2.75, 3.05) is 25.0 Å². The normalized spacial score (nSPS) is 20.4. The van der Waals surface area contributed by atoms with E-state index in [1.54, 1.807) is 22.9 Å². The third kappa shape index (κ3) is 1.83. The molecule has 0 bridgehead atoms. The fraction of sp³-hybridized carbons (Fsp3) is 0.429. The van der Waals surface area contributed by atoms with Gasteiger partial charge in [-0.3, -0.25) is 4.90 Å². The summed E-state index contributed by atoms with van der Waals surface area (Å²) in [6, 6.07) is 7.70. The number of aliphatic imine (C=N–C) groups is 1. The standard InChI is InChI=1S/C14H15N3O2/c1-16-8-9-17(13(16)19)12-5-3-2-4-11(12)14(6-7-14)15-10-18/h2-5H,6-9H2,1H3. The van der Waals surface area contributed by atoms with Crippen molar-refractivity contribution in [1.29, 1.82) is 0 Å². The van der Waals surface area contributed by atoms with Crippen LogP contribution in [0.5, 0.6) is 0 Å². The van der Waals surface area contributed by atoms with Crippen molar-refractivity contribution in [2.45, 2.75) is 18.4 Å². The molecule has 2 aliphatic rings. The van der Waals surface area contributed by atoms with E-state index >= 15 is 0 Å². The highest BCUT2D eigenvalue weighted by molar-refractivity contribution is 5.95. The molecule has 2 amide bonds. The van der Waals surface area contributed by atoms with Gasteiger partial charge in [-0.1, -0.05) is 18.2 Å². The largest absolute Gasteiger partial charge is 0.326 e. The summed E-state index contributed by atoms with van der Waals surface area (Å²) in [5.74, 6) is 0. The molecule has 0 spiro atoms. The Kier molecular flexibility index (Phi) is 2.64. The number of hydrogen-bond donors (Lipinski definition) is 0. The van der Waals surface area contributed by atoms with E-state index in [1.807, 2.05) is 24.3 Å². The van der Waals surface area contributed by atoms with E-state index in [-0.39, 0.29) is 6.03 Å². The smallest absolute Gasteiger partial charge is 0.324 e. The minimum atomic E-state index is -0.445. The average molecular weight is 257 g/mol. The number of likely N-dealkylation sites (N-methyl/N-ethyl adjacent to an activating group) is 1. The Labute approximate surface area is 111 Å². The molecule has 19 heavy (non-hydrogen) atoms. The quantitative estimate of drug-likeness (QED) is 0.613. The summed E-state index contributed by atoms with van der Waals surface area (Å²) in [5.41, 5.74) is 1.38. The number of benzene rings is 1. The van der Waals surface area contributed by atoms with Gasteiger partial charge in [0.15, 0.2) is 0 Å². The summed E-state index contributed by atoms with van der Waals surface area (Å²) in [5, 5.41) is 0. The lowest BCUT2D eigenvalue weighted by Crippen LogP contribution is -2.30. The number of hydrogen-bond acceptors (Lipinski definition) is 3. The topological polar surface area (TPSA) is 53.0 Å². The van der Waals surface area contributed by atoms with Gasteiger partial charge in [0, 0.05) is 25.7 Å². The molecule has 1 aliphatic carbocycles. The fourth-order valence-corrected chi connectivity index (χ4v) is 2.62. The Hall–Kier alpha value is -2.13. The van der Waals surface area contributed by atoms with Crippen LogP contribution in [0.4, 0.5) is 10.5 Å². The summed E-state index contributed by atoms with van der Waals surface area (Å²) in [4.78, 5) is 30.1. The van der Waals surface area contributed by atoms with Gasteiger partial charge in [0.2, 0.25) is 6.08 Å². The van der Waals surface area contributed by atoms with E-state index < -0.39 is 5.54 Å². The maximum atomic E-state index is 12.1. The molecule has 98 valence electrons. The van der Waals surface area contributed by atoms with Crippen LogP contribution in [-0.2, 0) is 10.3 Å². The lowest BCUT2D eigenvalue weighted by Gasteiger charge is -2.22. The lowest BCUT2D eigenvalue weighted by atomic mass is 10.0. The van der Waals surface area contributed by atoms with Crippen LogP contribution in [-0.4, -0.2) is 37.1 Å². The van der Waals surface area contributed by atoms with E-state index in [0.717, 1.165) is 30.6 Å². The molecule has 2 fully saturated rings. The zero-order chi connectivity index (χ0) is 13.5. The highest BCUT2D eigenvalue weighted by atomic mass is 16.2. The summed E-state index contributed by atoms with van der Waals surface area (Å²) >= 11 is 0. The van der Waals surface area contributed by atoms with E-state index in [1.165, 1.54) is 0 Å². The lowest BCUT2D eigenvalue weighted by molar-refractivity contribution is 0.229. The number of amides is 2. The van der Waals surface area contributed by atoms with Gasteiger partial charge < -0.3 is 4.90 Å². The monoisotopic (exact) mass is 257 g/mol. The first-order valence-electron chi connectivity index (χ1n) is 6.39. The minimum absolute atomic E-state index is 0.00154. The van der Waals surface area contributed by atoms with Gasteiger partial charge in [0.25, 0.3) is 0 Å². The Bertz CT molecular complexity index is 574. The zero-order valence-corrected chi connectivity index (χ0v) is 10.8. The predicted molar refractivity (Wildman–Crippen MR) is 70.8 cm³/mol. The number of urea groups is 1. The van der Waals surface area contributed by atoms with Crippen molar-refractivity contribution in [3.05, 3.63) is 29.8 Å². The fourth-order valence-electron chi connectivity index (χ4n) is 2.62. The van der Waals surface area contributed by atoms with Crippen LogP contribution in [0.15, 0.2) is 29.3 Å². The Morgan fingerprint density at radius 1 is 1.26 bits per heavy atom. The van der Waals surface area contributed by atoms with Crippen molar-refractivity contribution in [2.24, 2.45) is 4.99 Å². The second kappa shape index (κ2) is 4.21. The van der Waals surface area contributed by atoms with Crippen molar-refractivity contribution in [3.63, 3.8) is 0 Å². The molecule has 1 saturated carbocycles. The van der Waals surface area contributed by atoms with Gasteiger partial charge in [-0.2, -0.15) is 4.99 Å². The maximum Gasteiger partial charge on any atom is 0.324 e. The molecular formula is C14H15N3O2. The van der Waals surface area contributed by atoms with Crippen LogP contribution >= 0.6 is 0 Å². The number of carbonyl (C=O) groups is 1. The first kappa shape index (κ1) is 11.9. The molecule has 1 heterocycles. The Morgan fingerprint density at radius 3 is 2.58 bits per heavy atom. The van der Waals surface area contributed by atoms with Crippen LogP contribution in [0.3, 0.4) is 0 Å². The summed E-state index contributed by atoms with van der Waals surface area (Å²) in [7, 11) is 1.79. The number of nitrogens with zero attached hydrogens (tertiary/aromatic N) is 3. The molecule has 1 saturated heterocycles. The highest BCUT2D eigenvalue weighted by Crippen LogP contribution is 2.52.